The summed E-state index contributed by atoms with van der Waals surface area (Å²) in [4.78, 5) is 23.4. The topological polar surface area (TPSA) is 46.2 Å². The fourth-order valence-electron chi connectivity index (χ4n) is 1.56. The number of amides is 1. The van der Waals surface area contributed by atoms with Gasteiger partial charge in [-0.1, -0.05) is 48.5 Å². The van der Waals surface area contributed by atoms with Gasteiger partial charge in [0, 0.05) is 23.4 Å². The molecule has 19 heavy (non-hydrogen) atoms. The van der Waals surface area contributed by atoms with Crippen LogP contribution in [0.15, 0.2) is 72.9 Å². The summed E-state index contributed by atoms with van der Waals surface area (Å²) < 4.78 is 0. The van der Waals surface area contributed by atoms with Crippen LogP contribution >= 0.6 is 0 Å². The smallest absolute Gasteiger partial charge is 0.255 e. The lowest BCUT2D eigenvalue weighted by atomic mass is 10.1. The first kappa shape index (κ1) is 12.8. The summed E-state index contributed by atoms with van der Waals surface area (Å²) in [5.74, 6) is -0.383. The van der Waals surface area contributed by atoms with Gasteiger partial charge in [0.2, 0.25) is 0 Å². The minimum atomic E-state index is -0.238. The molecule has 0 aliphatic rings. The SMILES string of the molecule is O=C(/C=C\NC(=O)c1ccccc1)c1ccccc1. The third-order valence-electron chi connectivity index (χ3n) is 2.54. The Hall–Kier alpha value is -2.68. The zero-order valence-corrected chi connectivity index (χ0v) is 10.2. The van der Waals surface area contributed by atoms with Crippen molar-refractivity contribution in [1.82, 2.24) is 5.32 Å². The van der Waals surface area contributed by atoms with Crippen LogP contribution in [0.25, 0.3) is 0 Å². The van der Waals surface area contributed by atoms with Gasteiger partial charge >= 0.3 is 0 Å². The summed E-state index contributed by atoms with van der Waals surface area (Å²) in [5, 5.41) is 2.56. The normalized spacial score (nSPS) is 10.3. The molecule has 0 spiro atoms. The van der Waals surface area contributed by atoms with E-state index in [0.29, 0.717) is 11.1 Å². The second-order valence-electron chi connectivity index (χ2n) is 3.90. The Morgan fingerprint density at radius 2 is 1.32 bits per heavy atom. The Labute approximate surface area is 111 Å². The molecule has 2 aromatic rings. The number of carbonyl (C=O) groups excluding carboxylic acids is 2. The molecule has 0 saturated carbocycles. The fourth-order valence-corrected chi connectivity index (χ4v) is 1.56. The van der Waals surface area contributed by atoms with Crippen LogP contribution in [0, 0.1) is 0 Å². The Bertz CT molecular complexity index is 589. The molecule has 1 N–H and O–H groups in total. The van der Waals surface area contributed by atoms with Gasteiger partial charge in [-0.05, 0) is 12.1 Å². The first-order valence-corrected chi connectivity index (χ1v) is 5.89. The zero-order valence-electron chi connectivity index (χ0n) is 10.2. The van der Waals surface area contributed by atoms with Gasteiger partial charge in [-0.25, -0.2) is 0 Å². The van der Waals surface area contributed by atoms with Crippen LogP contribution in [0.3, 0.4) is 0 Å². The van der Waals surface area contributed by atoms with Crippen LogP contribution in [-0.4, -0.2) is 11.7 Å². The van der Waals surface area contributed by atoms with E-state index in [2.05, 4.69) is 5.32 Å². The zero-order chi connectivity index (χ0) is 13.5. The van der Waals surface area contributed by atoms with E-state index in [1.807, 2.05) is 12.1 Å². The molecule has 0 atom stereocenters. The number of hydrogen-bond donors (Lipinski definition) is 1. The maximum Gasteiger partial charge on any atom is 0.255 e. The molecule has 0 radical (unpaired) electrons. The van der Waals surface area contributed by atoms with E-state index >= 15 is 0 Å². The van der Waals surface area contributed by atoms with Crippen LogP contribution in [0.4, 0.5) is 0 Å². The van der Waals surface area contributed by atoms with Gasteiger partial charge in [-0.15, -0.1) is 0 Å². The summed E-state index contributed by atoms with van der Waals surface area (Å²) in [6, 6.07) is 17.7. The molecule has 0 bridgehead atoms. The summed E-state index contributed by atoms with van der Waals surface area (Å²) in [7, 11) is 0. The van der Waals surface area contributed by atoms with Crippen LogP contribution < -0.4 is 5.32 Å². The molecule has 2 aromatic carbocycles. The Kier molecular flexibility index (Phi) is 4.24. The van der Waals surface area contributed by atoms with Crippen LogP contribution in [0.2, 0.25) is 0 Å². The third kappa shape index (κ3) is 3.64. The molecule has 0 fully saturated rings. The van der Waals surface area contributed by atoms with Gasteiger partial charge in [0.15, 0.2) is 5.78 Å². The van der Waals surface area contributed by atoms with Crippen molar-refractivity contribution in [3.63, 3.8) is 0 Å². The van der Waals surface area contributed by atoms with Crippen LogP contribution in [0.5, 0.6) is 0 Å². The van der Waals surface area contributed by atoms with Crippen LogP contribution in [0.1, 0.15) is 20.7 Å². The number of allylic oxidation sites excluding steroid dienone is 1. The van der Waals surface area contributed by atoms with Gasteiger partial charge in [0.05, 0.1) is 0 Å². The van der Waals surface area contributed by atoms with Crippen molar-refractivity contribution in [2.75, 3.05) is 0 Å². The molecule has 3 heteroatoms. The van der Waals surface area contributed by atoms with Crippen molar-refractivity contribution in [3.8, 4) is 0 Å². The average molecular weight is 251 g/mol. The number of ketones is 1. The minimum absolute atomic E-state index is 0.144. The maximum atomic E-state index is 11.7. The highest BCUT2D eigenvalue weighted by Crippen LogP contribution is 2.01. The highest BCUT2D eigenvalue weighted by molar-refractivity contribution is 6.05. The Morgan fingerprint density at radius 1 is 0.789 bits per heavy atom. The van der Waals surface area contributed by atoms with E-state index in [4.69, 9.17) is 0 Å². The van der Waals surface area contributed by atoms with Gasteiger partial charge in [-0.3, -0.25) is 9.59 Å². The highest BCUT2D eigenvalue weighted by atomic mass is 16.1. The number of nitrogens with one attached hydrogen (secondary N) is 1. The molecule has 0 heterocycles. The molecule has 1 amide bonds. The summed E-state index contributed by atoms with van der Waals surface area (Å²) in [6.45, 7) is 0. The van der Waals surface area contributed by atoms with Gasteiger partial charge in [0.1, 0.15) is 0 Å². The summed E-state index contributed by atoms with van der Waals surface area (Å²) in [6.07, 6.45) is 2.71. The predicted octanol–water partition coefficient (Wildman–Crippen LogP) is 2.81. The first-order valence-electron chi connectivity index (χ1n) is 5.89. The maximum absolute atomic E-state index is 11.7. The summed E-state index contributed by atoms with van der Waals surface area (Å²) >= 11 is 0. The van der Waals surface area contributed by atoms with Crippen molar-refractivity contribution >= 4 is 11.7 Å². The van der Waals surface area contributed by atoms with E-state index in [9.17, 15) is 9.59 Å². The van der Waals surface area contributed by atoms with Crippen molar-refractivity contribution in [1.29, 1.82) is 0 Å². The van der Waals surface area contributed by atoms with E-state index < -0.39 is 0 Å². The van der Waals surface area contributed by atoms with Crippen molar-refractivity contribution < 1.29 is 9.59 Å². The quantitative estimate of drug-likeness (QED) is 0.671. The van der Waals surface area contributed by atoms with Crippen molar-refractivity contribution in [2.45, 2.75) is 0 Å². The molecule has 94 valence electrons. The summed E-state index contributed by atoms with van der Waals surface area (Å²) in [5.41, 5.74) is 1.15. The first-order chi connectivity index (χ1) is 9.27. The fraction of sp³-hybridized carbons (Fsp3) is 0. The minimum Gasteiger partial charge on any atom is -0.328 e. The van der Waals surface area contributed by atoms with E-state index in [1.54, 1.807) is 48.5 Å². The molecule has 2 rings (SSSR count). The standard InChI is InChI=1S/C16H13NO2/c18-15(13-7-3-1-4-8-13)11-12-17-16(19)14-9-5-2-6-10-14/h1-12H,(H,17,19)/b12-11-. The molecule has 0 aromatic heterocycles. The predicted molar refractivity (Wildman–Crippen MR) is 73.8 cm³/mol. The average Bonchev–Trinajstić information content (AvgIpc) is 2.49. The van der Waals surface area contributed by atoms with Crippen molar-refractivity contribution in [3.05, 3.63) is 84.1 Å². The lowest BCUT2D eigenvalue weighted by Crippen LogP contribution is -2.17. The molecular formula is C16H13NO2. The lowest BCUT2D eigenvalue weighted by molar-refractivity contribution is 0.0970. The van der Waals surface area contributed by atoms with Gasteiger partial charge in [-0.2, -0.15) is 0 Å². The molecular weight excluding hydrogens is 238 g/mol. The molecule has 0 aliphatic carbocycles. The van der Waals surface area contributed by atoms with E-state index in [1.165, 1.54) is 12.3 Å². The second kappa shape index (κ2) is 6.31. The number of rotatable bonds is 4. The molecule has 0 unspecified atom stereocenters. The van der Waals surface area contributed by atoms with E-state index in [0.717, 1.165) is 0 Å². The number of benzene rings is 2. The third-order valence-corrected chi connectivity index (χ3v) is 2.54. The largest absolute Gasteiger partial charge is 0.328 e. The lowest BCUT2D eigenvalue weighted by Gasteiger charge is -1.99. The number of hydrogen-bond acceptors (Lipinski definition) is 2. The van der Waals surface area contributed by atoms with Crippen LogP contribution in [-0.2, 0) is 0 Å². The second-order valence-corrected chi connectivity index (χ2v) is 3.90. The number of carbonyl (C=O) groups is 2. The molecule has 3 nitrogen and oxygen atoms in total. The monoisotopic (exact) mass is 251 g/mol. The van der Waals surface area contributed by atoms with E-state index in [-0.39, 0.29) is 11.7 Å². The van der Waals surface area contributed by atoms with Gasteiger partial charge in [0.25, 0.3) is 5.91 Å². The molecule has 0 aliphatic heterocycles. The Morgan fingerprint density at radius 3 is 1.89 bits per heavy atom. The van der Waals surface area contributed by atoms with Gasteiger partial charge < -0.3 is 5.32 Å². The molecule has 0 saturated heterocycles. The van der Waals surface area contributed by atoms with Crippen molar-refractivity contribution in [2.24, 2.45) is 0 Å². The Balaban J connectivity index is 1.94. The highest BCUT2D eigenvalue weighted by Gasteiger charge is 2.02.